The molecule has 1 unspecified atom stereocenters. The Morgan fingerprint density at radius 3 is 2.29 bits per heavy atom. The van der Waals surface area contributed by atoms with Crippen molar-refractivity contribution in [3.63, 3.8) is 0 Å². The Morgan fingerprint density at radius 2 is 1.62 bits per heavy atom. The smallest absolute Gasteiger partial charge is 0.342 e. The predicted octanol–water partition coefficient (Wildman–Crippen LogP) is 6.44. The average Bonchev–Trinajstić information content (AvgIpc) is 3.02. The van der Waals surface area contributed by atoms with Crippen LogP contribution in [0.5, 0.6) is 23.0 Å². The van der Waals surface area contributed by atoms with E-state index in [2.05, 4.69) is 5.32 Å². The number of esters is 1. The van der Waals surface area contributed by atoms with E-state index >= 15 is 0 Å². The topological polar surface area (TPSA) is 131 Å². The molecule has 3 aromatic carbocycles. The molecule has 45 heavy (non-hydrogen) atoms. The van der Waals surface area contributed by atoms with Gasteiger partial charge in [-0.05, 0) is 79.6 Å². The second-order valence-corrected chi connectivity index (χ2v) is 11.2. The minimum atomic E-state index is -0.814. The van der Waals surface area contributed by atoms with E-state index in [9.17, 15) is 24.6 Å². The number of phenolic OH excluding ortho intramolecular Hbond substituents is 2. The summed E-state index contributed by atoms with van der Waals surface area (Å²) in [5, 5.41) is 26.0. The monoisotopic (exact) mass is 615 g/mol. The molecule has 0 aromatic heterocycles. The van der Waals surface area contributed by atoms with Crippen molar-refractivity contribution < 1.29 is 38.8 Å². The van der Waals surface area contributed by atoms with E-state index in [1.165, 1.54) is 6.07 Å². The highest BCUT2D eigenvalue weighted by atomic mass is 16.5. The summed E-state index contributed by atoms with van der Waals surface area (Å²) >= 11 is 0. The Morgan fingerprint density at radius 1 is 0.978 bits per heavy atom. The van der Waals surface area contributed by atoms with Crippen molar-refractivity contribution in [3.05, 3.63) is 88.5 Å². The van der Waals surface area contributed by atoms with E-state index in [4.69, 9.17) is 14.2 Å². The van der Waals surface area contributed by atoms with E-state index < -0.39 is 23.7 Å². The van der Waals surface area contributed by atoms with Crippen molar-refractivity contribution in [1.82, 2.24) is 5.32 Å². The Hall–Kier alpha value is -4.79. The summed E-state index contributed by atoms with van der Waals surface area (Å²) in [5.74, 6) is -1.12. The first-order valence-electron chi connectivity index (χ1n) is 15.2. The van der Waals surface area contributed by atoms with E-state index in [-0.39, 0.29) is 47.1 Å². The van der Waals surface area contributed by atoms with Gasteiger partial charge in [0.2, 0.25) is 5.91 Å². The van der Waals surface area contributed by atoms with Crippen molar-refractivity contribution in [3.8, 4) is 23.0 Å². The first kappa shape index (κ1) is 33.1. The number of ketones is 1. The van der Waals surface area contributed by atoms with Crippen LogP contribution in [0.2, 0.25) is 0 Å². The molecule has 0 saturated carbocycles. The minimum absolute atomic E-state index is 0.0447. The number of fused-ring (bicyclic) bond motifs is 1. The number of nitrogens with one attached hydrogen (secondary N) is 1. The fourth-order valence-electron chi connectivity index (χ4n) is 5.44. The van der Waals surface area contributed by atoms with Gasteiger partial charge in [0.1, 0.15) is 34.3 Å². The van der Waals surface area contributed by atoms with Crippen LogP contribution in [-0.4, -0.2) is 48.2 Å². The summed E-state index contributed by atoms with van der Waals surface area (Å²) in [5.41, 5.74) is 1.74. The second kappa shape index (κ2) is 15.8. The van der Waals surface area contributed by atoms with Gasteiger partial charge in [0.05, 0.1) is 20.3 Å². The van der Waals surface area contributed by atoms with E-state index in [0.29, 0.717) is 55.6 Å². The number of allylic oxidation sites excluding steroid dienone is 1. The molecule has 9 nitrogen and oxygen atoms in total. The number of carbonyl (C=O) groups is 3. The number of phenols is 2. The van der Waals surface area contributed by atoms with Crippen LogP contribution in [0.4, 0.5) is 0 Å². The maximum Gasteiger partial charge on any atom is 0.342 e. The highest BCUT2D eigenvalue weighted by molar-refractivity contribution is 5.98. The minimum Gasteiger partial charge on any atom is -0.507 e. The Labute approximate surface area is 263 Å². The molecule has 0 aliphatic carbocycles. The summed E-state index contributed by atoms with van der Waals surface area (Å²) in [4.78, 5) is 39.0. The number of rotatable bonds is 8. The molecule has 0 spiro atoms. The van der Waals surface area contributed by atoms with Gasteiger partial charge in [0, 0.05) is 37.3 Å². The molecule has 1 aliphatic heterocycles. The highest BCUT2D eigenvalue weighted by Crippen LogP contribution is 2.44. The van der Waals surface area contributed by atoms with Crippen LogP contribution >= 0.6 is 0 Å². The molecule has 2 atom stereocenters. The molecule has 0 bridgehead atoms. The molecule has 0 fully saturated rings. The molecule has 0 saturated heterocycles. The number of amides is 1. The molecule has 238 valence electrons. The van der Waals surface area contributed by atoms with Crippen molar-refractivity contribution >= 4 is 23.7 Å². The molecule has 1 heterocycles. The molecule has 4 rings (SSSR count). The molecule has 9 heteroatoms. The summed E-state index contributed by atoms with van der Waals surface area (Å²) in [6, 6.07) is 15.7. The number of hydrogen-bond acceptors (Lipinski definition) is 8. The Bertz CT molecular complexity index is 1510. The van der Waals surface area contributed by atoms with Crippen LogP contribution in [0.25, 0.3) is 6.08 Å². The molecule has 3 aromatic rings. The van der Waals surface area contributed by atoms with Crippen LogP contribution in [-0.2, 0) is 20.9 Å². The third-order valence-electron chi connectivity index (χ3n) is 7.96. The first-order chi connectivity index (χ1) is 21.7. The largest absolute Gasteiger partial charge is 0.507 e. The van der Waals surface area contributed by atoms with E-state index in [1.54, 1.807) is 69.7 Å². The van der Waals surface area contributed by atoms with Gasteiger partial charge in [-0.3, -0.25) is 9.59 Å². The van der Waals surface area contributed by atoms with Gasteiger partial charge in [-0.25, -0.2) is 4.79 Å². The number of carbonyl (C=O) groups excluding carboxylic acids is 3. The van der Waals surface area contributed by atoms with E-state index in [1.807, 2.05) is 12.1 Å². The lowest BCUT2D eigenvalue weighted by atomic mass is 9.84. The number of methoxy groups -OCH3 is 2. The van der Waals surface area contributed by atoms with Gasteiger partial charge in [0.15, 0.2) is 0 Å². The summed E-state index contributed by atoms with van der Waals surface area (Å²) in [6.07, 6.45) is 6.05. The highest BCUT2D eigenvalue weighted by Gasteiger charge is 2.31. The number of hydrogen-bond donors (Lipinski definition) is 3. The molecular formula is C36H41NO8. The van der Waals surface area contributed by atoms with Gasteiger partial charge < -0.3 is 29.7 Å². The van der Waals surface area contributed by atoms with Gasteiger partial charge in [-0.15, -0.1) is 0 Å². The Balaban J connectivity index is 1.72. The van der Waals surface area contributed by atoms with Crippen LogP contribution < -0.4 is 14.8 Å². The first-order valence-corrected chi connectivity index (χ1v) is 15.2. The van der Waals surface area contributed by atoms with Gasteiger partial charge in [0.25, 0.3) is 0 Å². The van der Waals surface area contributed by atoms with Crippen molar-refractivity contribution in [2.45, 2.75) is 70.4 Å². The summed E-state index contributed by atoms with van der Waals surface area (Å²) in [6.45, 7) is 2.01. The van der Waals surface area contributed by atoms with Crippen LogP contribution in [0.15, 0.2) is 60.7 Å². The lowest BCUT2D eigenvalue weighted by Gasteiger charge is -2.23. The zero-order valence-electron chi connectivity index (χ0n) is 26.0. The van der Waals surface area contributed by atoms with Crippen molar-refractivity contribution in [2.24, 2.45) is 0 Å². The second-order valence-electron chi connectivity index (χ2n) is 11.2. The maximum absolute atomic E-state index is 13.5. The van der Waals surface area contributed by atoms with Crippen LogP contribution in [0.3, 0.4) is 0 Å². The SMILES string of the molecule is COc1ccc(CNC(=O)CC(c2ccc(OC)cc2)c2c(O)cc3c(c2O)C(=O)O[C@@H](C)CCCC(=O)CCC/C=C/3)cc1. The van der Waals surface area contributed by atoms with Gasteiger partial charge in [-0.2, -0.15) is 0 Å². The third kappa shape index (κ3) is 8.88. The fraction of sp³-hybridized carbons (Fsp3) is 0.361. The standard InChI is InChI=1S/C36H41NO8/c1-23-8-7-11-27(38)10-6-4-5-9-26-20-31(39)34(35(41)33(26)36(42)45-23)30(25-14-18-29(44-3)19-15-25)21-32(40)37-22-24-12-16-28(43-2)17-13-24/h5,9,12-20,23,30,39,41H,4,6-8,10-11,21-22H2,1-3H3,(H,37,40)/b9-5+/t23-,30?/m0/s1. The number of cyclic esters (lactones) is 1. The zero-order valence-corrected chi connectivity index (χ0v) is 26.0. The van der Waals surface area contributed by atoms with Crippen LogP contribution in [0, 0.1) is 0 Å². The maximum atomic E-state index is 13.5. The lowest BCUT2D eigenvalue weighted by molar-refractivity contribution is -0.121. The van der Waals surface area contributed by atoms with Crippen LogP contribution in [0.1, 0.15) is 90.4 Å². The molecule has 1 aliphatic rings. The fourth-order valence-corrected chi connectivity index (χ4v) is 5.44. The van der Waals surface area contributed by atoms with E-state index in [0.717, 1.165) is 5.56 Å². The third-order valence-corrected chi connectivity index (χ3v) is 7.96. The summed E-state index contributed by atoms with van der Waals surface area (Å²) < 4.78 is 16.2. The van der Waals surface area contributed by atoms with Crippen molar-refractivity contribution in [2.75, 3.05) is 14.2 Å². The zero-order chi connectivity index (χ0) is 32.3. The normalized spacial score (nSPS) is 17.3. The number of ether oxygens (including phenoxy) is 3. The number of aromatic hydroxyl groups is 2. The molecule has 0 radical (unpaired) electrons. The summed E-state index contributed by atoms with van der Waals surface area (Å²) in [7, 11) is 3.13. The number of Topliss-reactive ketones (excluding diaryl/α,β-unsaturated/α-hetero) is 1. The average molecular weight is 616 g/mol. The lowest BCUT2D eigenvalue weighted by Crippen LogP contribution is -2.25. The molecular weight excluding hydrogens is 574 g/mol. The Kier molecular flexibility index (Phi) is 11.6. The molecule has 1 amide bonds. The number of benzene rings is 3. The van der Waals surface area contributed by atoms with Gasteiger partial charge in [-0.1, -0.05) is 36.4 Å². The molecule has 3 N–H and O–H groups in total. The predicted molar refractivity (Wildman–Crippen MR) is 171 cm³/mol. The van der Waals surface area contributed by atoms with Crippen molar-refractivity contribution in [1.29, 1.82) is 0 Å². The quantitative estimate of drug-likeness (QED) is 0.247. The van der Waals surface area contributed by atoms with Gasteiger partial charge >= 0.3 is 5.97 Å².